The number of anilines is 1. The molecule has 2 saturated heterocycles. The lowest BCUT2D eigenvalue weighted by atomic mass is 9.96. The SMILES string of the molecule is CCCCON=C(C(=O)N[C@H]1C(=O)N2[C@@H]1SC(C)(C)[C@@H]2C(=O)O)c1csc(N)n1. The maximum atomic E-state index is 12.8. The third-order valence-electron chi connectivity index (χ3n) is 4.69. The van der Waals surface area contributed by atoms with E-state index in [0.717, 1.165) is 24.2 Å². The number of nitrogen functional groups attached to an aromatic ring is 1. The van der Waals surface area contributed by atoms with Gasteiger partial charge in [-0.3, -0.25) is 9.59 Å². The zero-order valence-electron chi connectivity index (χ0n) is 16.2. The minimum atomic E-state index is -1.06. The molecule has 3 atom stereocenters. The normalized spacial score (nSPS) is 25.3. The lowest BCUT2D eigenvalue weighted by Crippen LogP contribution is -2.71. The number of aliphatic carboxylic acids is 1. The molecule has 158 valence electrons. The largest absolute Gasteiger partial charge is 0.480 e. The first-order valence-corrected chi connectivity index (χ1v) is 10.9. The highest BCUT2D eigenvalue weighted by Gasteiger charge is 2.64. The van der Waals surface area contributed by atoms with E-state index >= 15 is 0 Å². The van der Waals surface area contributed by atoms with Gasteiger partial charge in [0.05, 0.1) is 0 Å². The van der Waals surface area contributed by atoms with E-state index in [4.69, 9.17) is 10.6 Å². The number of carbonyl (C=O) groups excluding carboxylic acids is 2. The number of hydrogen-bond donors (Lipinski definition) is 3. The van der Waals surface area contributed by atoms with Crippen LogP contribution in [0, 0.1) is 0 Å². The van der Waals surface area contributed by atoms with E-state index in [9.17, 15) is 19.5 Å². The van der Waals surface area contributed by atoms with Crippen LogP contribution >= 0.6 is 23.1 Å². The summed E-state index contributed by atoms with van der Waals surface area (Å²) in [7, 11) is 0. The molecule has 2 amide bonds. The quantitative estimate of drug-likeness (QED) is 0.233. The molecule has 10 nitrogen and oxygen atoms in total. The summed E-state index contributed by atoms with van der Waals surface area (Å²) in [5, 5.41) is 17.5. The molecule has 3 rings (SSSR count). The third-order valence-corrected chi connectivity index (χ3v) is 6.93. The topological polar surface area (TPSA) is 147 Å². The van der Waals surface area contributed by atoms with Gasteiger partial charge in [0, 0.05) is 10.1 Å². The summed E-state index contributed by atoms with van der Waals surface area (Å²) in [4.78, 5) is 47.6. The molecule has 2 fully saturated rings. The molecule has 29 heavy (non-hydrogen) atoms. The van der Waals surface area contributed by atoms with Crippen LogP contribution in [0.25, 0.3) is 0 Å². The molecular formula is C17H23N5O5S2. The summed E-state index contributed by atoms with van der Waals surface area (Å²) < 4.78 is -0.671. The van der Waals surface area contributed by atoms with Crippen LogP contribution in [0.1, 0.15) is 39.3 Å². The average Bonchev–Trinajstić information content (AvgIpc) is 3.18. The van der Waals surface area contributed by atoms with Crippen molar-refractivity contribution in [3.05, 3.63) is 11.1 Å². The number of nitrogens with two attached hydrogens (primary N) is 1. The number of unbranched alkanes of at least 4 members (excludes halogenated alkanes) is 1. The Hall–Kier alpha value is -2.34. The third kappa shape index (κ3) is 4.04. The predicted octanol–water partition coefficient (Wildman–Crippen LogP) is 0.878. The number of fused-ring (bicyclic) bond motifs is 1. The Morgan fingerprint density at radius 3 is 2.79 bits per heavy atom. The van der Waals surface area contributed by atoms with Crippen molar-refractivity contribution in [2.45, 2.75) is 55.8 Å². The maximum Gasteiger partial charge on any atom is 0.327 e. The number of thioether (sulfide) groups is 1. The number of aromatic nitrogens is 1. The Kier molecular flexibility index (Phi) is 6.03. The second kappa shape index (κ2) is 8.19. The van der Waals surface area contributed by atoms with Crippen molar-refractivity contribution >= 4 is 51.7 Å². The number of carbonyl (C=O) groups is 3. The zero-order chi connectivity index (χ0) is 21.3. The monoisotopic (exact) mass is 441 g/mol. The van der Waals surface area contributed by atoms with Crippen LogP contribution < -0.4 is 11.1 Å². The lowest BCUT2D eigenvalue weighted by Gasteiger charge is -2.43. The molecule has 0 spiro atoms. The first-order valence-electron chi connectivity index (χ1n) is 9.12. The van der Waals surface area contributed by atoms with Crippen LogP contribution in [0.15, 0.2) is 10.5 Å². The number of nitrogens with zero attached hydrogens (tertiary/aromatic N) is 3. The van der Waals surface area contributed by atoms with Crippen molar-refractivity contribution in [2.75, 3.05) is 12.3 Å². The van der Waals surface area contributed by atoms with Gasteiger partial charge in [0.1, 0.15) is 29.8 Å². The van der Waals surface area contributed by atoms with E-state index in [0.29, 0.717) is 6.61 Å². The molecule has 0 aliphatic carbocycles. The number of carboxylic acid groups (broad SMARTS) is 1. The average molecular weight is 442 g/mol. The number of β-lactam (4-membered cyclic amide) rings is 1. The number of hydrogen-bond acceptors (Lipinski definition) is 9. The Morgan fingerprint density at radius 2 is 2.21 bits per heavy atom. The van der Waals surface area contributed by atoms with Crippen molar-refractivity contribution in [1.82, 2.24) is 15.2 Å². The van der Waals surface area contributed by atoms with Crippen LogP contribution in [-0.2, 0) is 19.2 Å². The van der Waals surface area contributed by atoms with Crippen LogP contribution in [0.4, 0.5) is 5.13 Å². The molecule has 12 heteroatoms. The molecule has 1 aromatic heterocycles. The molecule has 3 heterocycles. The number of oxime groups is 1. The van der Waals surface area contributed by atoms with Crippen LogP contribution in [0.5, 0.6) is 0 Å². The molecule has 0 saturated carbocycles. The molecule has 0 bridgehead atoms. The Morgan fingerprint density at radius 1 is 1.48 bits per heavy atom. The smallest absolute Gasteiger partial charge is 0.327 e. The number of nitrogens with one attached hydrogen (secondary N) is 1. The summed E-state index contributed by atoms with van der Waals surface area (Å²) in [6, 6.07) is -1.78. The summed E-state index contributed by atoms with van der Waals surface area (Å²) in [6.45, 7) is 5.89. The minimum absolute atomic E-state index is 0.0719. The maximum absolute atomic E-state index is 12.8. The Bertz CT molecular complexity index is 855. The van der Waals surface area contributed by atoms with Crippen molar-refractivity contribution in [2.24, 2.45) is 5.16 Å². The molecule has 2 aliphatic rings. The van der Waals surface area contributed by atoms with E-state index < -0.39 is 40.0 Å². The number of thiazole rings is 1. The van der Waals surface area contributed by atoms with Gasteiger partial charge >= 0.3 is 5.97 Å². The molecule has 0 unspecified atom stereocenters. The summed E-state index contributed by atoms with van der Waals surface area (Å²) in [6.07, 6.45) is 1.69. The summed E-state index contributed by atoms with van der Waals surface area (Å²) in [5.41, 5.74) is 5.84. The van der Waals surface area contributed by atoms with Gasteiger partial charge in [0.15, 0.2) is 10.8 Å². The van der Waals surface area contributed by atoms with Crippen molar-refractivity contribution in [3.63, 3.8) is 0 Å². The Balaban J connectivity index is 1.75. The van der Waals surface area contributed by atoms with Crippen molar-refractivity contribution in [3.8, 4) is 0 Å². The second-order valence-corrected chi connectivity index (χ2v) is 9.91. The lowest BCUT2D eigenvalue weighted by molar-refractivity contribution is -0.160. The van der Waals surface area contributed by atoms with Gasteiger partial charge in [-0.1, -0.05) is 18.5 Å². The van der Waals surface area contributed by atoms with E-state index in [-0.39, 0.29) is 16.5 Å². The first kappa shape index (κ1) is 21.4. The highest BCUT2D eigenvalue weighted by Crippen LogP contribution is 2.50. The predicted molar refractivity (Wildman–Crippen MR) is 110 cm³/mol. The van der Waals surface area contributed by atoms with Crippen molar-refractivity contribution in [1.29, 1.82) is 0 Å². The molecule has 0 aromatic carbocycles. The van der Waals surface area contributed by atoms with Gasteiger partial charge in [-0.25, -0.2) is 9.78 Å². The fourth-order valence-electron chi connectivity index (χ4n) is 3.28. The summed E-state index contributed by atoms with van der Waals surface area (Å²) >= 11 is 2.51. The Labute approximate surface area is 175 Å². The number of carboxylic acids is 1. The van der Waals surface area contributed by atoms with Gasteiger partial charge < -0.3 is 25.9 Å². The van der Waals surface area contributed by atoms with E-state index in [1.165, 1.54) is 16.7 Å². The molecule has 2 aliphatic heterocycles. The fraction of sp³-hybridized carbons (Fsp3) is 0.588. The minimum Gasteiger partial charge on any atom is -0.480 e. The molecule has 1 aromatic rings. The summed E-state index contributed by atoms with van der Waals surface area (Å²) in [5.74, 6) is -2.12. The van der Waals surface area contributed by atoms with Crippen molar-refractivity contribution < 1.29 is 24.3 Å². The van der Waals surface area contributed by atoms with Gasteiger partial charge in [-0.05, 0) is 20.3 Å². The fourth-order valence-corrected chi connectivity index (χ4v) is 5.45. The standard InChI is InChI=1S/C17H23N5O5S2/c1-4-5-6-27-21-9(8-7-28-16(18)19-8)12(23)20-10-13(24)22-11(15(25)26)17(2,3)29-14(10)22/h7,10-11,14H,4-6H2,1-3H3,(H2,18,19)(H,20,23)(H,25,26)/t10-,11-,14+/m0/s1. The molecule has 0 radical (unpaired) electrons. The van der Waals surface area contributed by atoms with Crippen LogP contribution in [0.2, 0.25) is 0 Å². The van der Waals surface area contributed by atoms with E-state index in [2.05, 4.69) is 15.5 Å². The van der Waals surface area contributed by atoms with E-state index in [1.807, 2.05) is 6.92 Å². The number of rotatable bonds is 8. The number of amides is 2. The molecular weight excluding hydrogens is 418 g/mol. The van der Waals surface area contributed by atoms with Gasteiger partial charge in [-0.2, -0.15) is 0 Å². The first-order chi connectivity index (χ1) is 13.7. The van der Waals surface area contributed by atoms with Gasteiger partial charge in [0.2, 0.25) is 5.91 Å². The highest BCUT2D eigenvalue weighted by atomic mass is 32.2. The van der Waals surface area contributed by atoms with E-state index in [1.54, 1.807) is 19.2 Å². The molecule has 4 N–H and O–H groups in total. The van der Waals surface area contributed by atoms with Gasteiger partial charge in [0.25, 0.3) is 5.91 Å². The van der Waals surface area contributed by atoms with Gasteiger partial charge in [-0.15, -0.1) is 23.1 Å². The van der Waals surface area contributed by atoms with Crippen LogP contribution in [0.3, 0.4) is 0 Å². The second-order valence-electron chi connectivity index (χ2n) is 7.25. The highest BCUT2D eigenvalue weighted by molar-refractivity contribution is 8.01. The van der Waals surface area contributed by atoms with Crippen LogP contribution in [-0.4, -0.2) is 67.3 Å². The zero-order valence-corrected chi connectivity index (χ0v) is 17.9.